The summed E-state index contributed by atoms with van der Waals surface area (Å²) >= 11 is 5.15. The molecule has 9 heavy (non-hydrogen) atoms. The SMILES string of the molecule is N/C(CCl)=N\NC(=O)O. The van der Waals surface area contributed by atoms with E-state index < -0.39 is 6.09 Å². The van der Waals surface area contributed by atoms with Gasteiger partial charge in [0.1, 0.15) is 5.84 Å². The molecule has 0 aliphatic rings. The van der Waals surface area contributed by atoms with Crippen molar-refractivity contribution in [2.24, 2.45) is 10.8 Å². The van der Waals surface area contributed by atoms with Crippen molar-refractivity contribution < 1.29 is 9.90 Å². The Morgan fingerprint density at radius 2 is 2.44 bits per heavy atom. The van der Waals surface area contributed by atoms with E-state index in [9.17, 15) is 4.79 Å². The van der Waals surface area contributed by atoms with E-state index in [1.165, 1.54) is 0 Å². The Balaban J connectivity index is 3.56. The van der Waals surface area contributed by atoms with Gasteiger partial charge in [0.05, 0.1) is 5.88 Å². The van der Waals surface area contributed by atoms with Gasteiger partial charge in [-0.05, 0) is 0 Å². The molecule has 6 heteroatoms. The minimum Gasteiger partial charge on any atom is -0.464 e. The normalized spacial score (nSPS) is 11.0. The van der Waals surface area contributed by atoms with Gasteiger partial charge >= 0.3 is 6.09 Å². The van der Waals surface area contributed by atoms with Gasteiger partial charge in [-0.25, -0.2) is 10.2 Å². The van der Waals surface area contributed by atoms with Crippen LogP contribution in [0.25, 0.3) is 0 Å². The Bertz CT molecular complexity index is 135. The van der Waals surface area contributed by atoms with Crippen LogP contribution in [0.2, 0.25) is 0 Å². The fraction of sp³-hybridized carbons (Fsp3) is 0.333. The van der Waals surface area contributed by atoms with Gasteiger partial charge in [-0.1, -0.05) is 0 Å². The number of amides is 1. The Morgan fingerprint density at radius 3 is 2.78 bits per heavy atom. The molecule has 1 amide bonds. The lowest BCUT2D eigenvalue weighted by atomic mass is 10.7. The molecule has 0 aromatic rings. The third-order valence-electron chi connectivity index (χ3n) is 0.432. The highest BCUT2D eigenvalue weighted by Crippen LogP contribution is 1.72. The number of halogens is 1. The van der Waals surface area contributed by atoms with Crippen LogP contribution in [0.5, 0.6) is 0 Å². The predicted molar refractivity (Wildman–Crippen MR) is 33.5 cm³/mol. The van der Waals surface area contributed by atoms with E-state index in [0.29, 0.717) is 0 Å². The van der Waals surface area contributed by atoms with Crippen molar-refractivity contribution in [1.29, 1.82) is 0 Å². The highest BCUT2D eigenvalue weighted by molar-refractivity contribution is 6.27. The van der Waals surface area contributed by atoms with Gasteiger partial charge in [-0.15, -0.1) is 11.6 Å². The number of rotatable bonds is 2. The Hall–Kier alpha value is -0.970. The van der Waals surface area contributed by atoms with Gasteiger partial charge in [-0.3, -0.25) is 0 Å². The van der Waals surface area contributed by atoms with Crippen LogP contribution in [-0.2, 0) is 0 Å². The largest absolute Gasteiger partial charge is 0.464 e. The number of hydrogen-bond donors (Lipinski definition) is 3. The summed E-state index contributed by atoms with van der Waals surface area (Å²) in [5.41, 5.74) is 6.70. The molecule has 52 valence electrons. The monoisotopic (exact) mass is 151 g/mol. The summed E-state index contributed by atoms with van der Waals surface area (Å²) in [6.07, 6.45) is -1.26. The van der Waals surface area contributed by atoms with Crippen LogP contribution in [0.3, 0.4) is 0 Å². The van der Waals surface area contributed by atoms with Crippen molar-refractivity contribution in [3.8, 4) is 0 Å². The van der Waals surface area contributed by atoms with Crippen molar-refractivity contribution in [2.45, 2.75) is 0 Å². The quantitative estimate of drug-likeness (QED) is 0.220. The fourth-order valence-corrected chi connectivity index (χ4v) is 0.209. The summed E-state index contributed by atoms with van der Waals surface area (Å²) < 4.78 is 0. The summed E-state index contributed by atoms with van der Waals surface area (Å²) in [6.45, 7) is 0. The minimum absolute atomic E-state index is 0.0142. The van der Waals surface area contributed by atoms with E-state index in [-0.39, 0.29) is 11.7 Å². The van der Waals surface area contributed by atoms with Crippen LogP contribution in [0.4, 0.5) is 4.79 Å². The second kappa shape index (κ2) is 3.96. The lowest BCUT2D eigenvalue weighted by Crippen LogP contribution is -2.22. The zero-order valence-corrected chi connectivity index (χ0v) is 5.22. The van der Waals surface area contributed by atoms with Gasteiger partial charge in [0.25, 0.3) is 0 Å². The average molecular weight is 152 g/mol. The number of hydrazone groups is 1. The molecule has 0 rings (SSSR count). The molecule has 0 aromatic carbocycles. The Labute approximate surface area is 56.5 Å². The molecule has 0 heterocycles. The Kier molecular flexibility index (Phi) is 3.54. The average Bonchev–Trinajstić information content (AvgIpc) is 1.83. The summed E-state index contributed by atoms with van der Waals surface area (Å²) in [4.78, 5) is 9.70. The van der Waals surface area contributed by atoms with Crippen LogP contribution < -0.4 is 11.2 Å². The molecular formula is C3H6ClN3O2. The zero-order valence-electron chi connectivity index (χ0n) is 4.47. The molecule has 4 N–H and O–H groups in total. The summed E-state index contributed by atoms with van der Waals surface area (Å²) in [6, 6.07) is 0. The maximum absolute atomic E-state index is 9.70. The molecule has 0 aliphatic heterocycles. The molecule has 0 aromatic heterocycles. The highest BCUT2D eigenvalue weighted by atomic mass is 35.5. The van der Waals surface area contributed by atoms with Crippen LogP contribution in [-0.4, -0.2) is 22.9 Å². The van der Waals surface area contributed by atoms with E-state index in [1.54, 1.807) is 5.43 Å². The number of nitrogens with zero attached hydrogens (tertiary/aromatic N) is 1. The number of carboxylic acid groups (broad SMARTS) is 1. The first-order valence-electron chi connectivity index (χ1n) is 2.03. The van der Waals surface area contributed by atoms with Crippen molar-refractivity contribution >= 4 is 23.5 Å². The number of nitrogens with one attached hydrogen (secondary N) is 1. The Morgan fingerprint density at radius 1 is 1.89 bits per heavy atom. The van der Waals surface area contributed by atoms with Crippen molar-refractivity contribution in [3.05, 3.63) is 0 Å². The molecule has 0 spiro atoms. The first-order chi connectivity index (χ1) is 4.16. The lowest BCUT2D eigenvalue weighted by molar-refractivity contribution is 0.195. The van der Waals surface area contributed by atoms with Crippen molar-refractivity contribution in [1.82, 2.24) is 5.43 Å². The number of carbonyl (C=O) groups is 1. The number of amidine groups is 1. The molecule has 0 radical (unpaired) electrons. The standard InChI is InChI=1S/C3H6ClN3O2/c4-1-2(5)6-7-3(8)9/h7H,1H2,(H2,5,6)(H,8,9). The summed E-state index contributed by atoms with van der Waals surface area (Å²) in [7, 11) is 0. The molecule has 5 nitrogen and oxygen atoms in total. The van der Waals surface area contributed by atoms with Crippen molar-refractivity contribution in [2.75, 3.05) is 5.88 Å². The van der Waals surface area contributed by atoms with Crippen LogP contribution >= 0.6 is 11.6 Å². The molecule has 0 saturated heterocycles. The minimum atomic E-state index is -1.26. The van der Waals surface area contributed by atoms with Gasteiger partial charge < -0.3 is 10.8 Å². The molecule has 0 atom stereocenters. The smallest absolute Gasteiger partial charge is 0.425 e. The second-order valence-electron chi connectivity index (χ2n) is 1.15. The van der Waals surface area contributed by atoms with E-state index in [2.05, 4.69) is 5.10 Å². The van der Waals surface area contributed by atoms with Gasteiger partial charge in [0.15, 0.2) is 0 Å². The van der Waals surface area contributed by atoms with E-state index in [1.807, 2.05) is 0 Å². The third kappa shape index (κ3) is 4.89. The maximum atomic E-state index is 9.70. The fourth-order valence-electron chi connectivity index (χ4n) is 0.150. The lowest BCUT2D eigenvalue weighted by Gasteiger charge is -1.91. The second-order valence-corrected chi connectivity index (χ2v) is 1.42. The zero-order chi connectivity index (χ0) is 7.28. The number of nitrogens with two attached hydrogens (primary N) is 1. The van der Waals surface area contributed by atoms with E-state index >= 15 is 0 Å². The predicted octanol–water partition coefficient (Wildman–Crippen LogP) is -0.235. The first-order valence-corrected chi connectivity index (χ1v) is 2.57. The molecular weight excluding hydrogens is 146 g/mol. The van der Waals surface area contributed by atoms with Crippen LogP contribution in [0.15, 0.2) is 5.10 Å². The van der Waals surface area contributed by atoms with E-state index in [4.69, 9.17) is 22.4 Å². The molecule has 0 aliphatic carbocycles. The summed E-state index contributed by atoms with van der Waals surface area (Å²) in [5, 5.41) is 11.1. The maximum Gasteiger partial charge on any atom is 0.425 e. The van der Waals surface area contributed by atoms with E-state index in [0.717, 1.165) is 0 Å². The topological polar surface area (TPSA) is 87.7 Å². The van der Waals surface area contributed by atoms with Crippen LogP contribution in [0, 0.1) is 0 Å². The van der Waals surface area contributed by atoms with Crippen LogP contribution in [0.1, 0.15) is 0 Å². The molecule has 0 unspecified atom stereocenters. The highest BCUT2D eigenvalue weighted by Gasteiger charge is 1.90. The third-order valence-corrected chi connectivity index (χ3v) is 0.706. The first kappa shape index (κ1) is 8.03. The van der Waals surface area contributed by atoms with Crippen molar-refractivity contribution in [3.63, 3.8) is 0 Å². The molecule has 0 fully saturated rings. The molecule has 0 saturated carbocycles. The number of alkyl halides is 1. The summed E-state index contributed by atoms with van der Waals surface area (Å²) in [5.74, 6) is 0.0550. The van der Waals surface area contributed by atoms with Gasteiger partial charge in [0.2, 0.25) is 0 Å². The van der Waals surface area contributed by atoms with Gasteiger partial charge in [0, 0.05) is 0 Å². The number of hydrogen-bond acceptors (Lipinski definition) is 2. The van der Waals surface area contributed by atoms with Gasteiger partial charge in [-0.2, -0.15) is 5.10 Å². The molecule has 0 bridgehead atoms.